The maximum absolute atomic E-state index is 13.8. The Morgan fingerprint density at radius 1 is 1.10 bits per heavy atom. The third-order valence-electron chi connectivity index (χ3n) is 8.53. The first-order chi connectivity index (χ1) is 22.4. The van der Waals surface area contributed by atoms with Crippen LogP contribution in [0.3, 0.4) is 0 Å². The van der Waals surface area contributed by atoms with Crippen molar-refractivity contribution < 1.29 is 46.2 Å². The molecule has 6 rings (SSSR count). The van der Waals surface area contributed by atoms with Gasteiger partial charge < -0.3 is 29.3 Å². The van der Waals surface area contributed by atoms with Crippen molar-refractivity contribution in [1.82, 2.24) is 39.0 Å². The van der Waals surface area contributed by atoms with Gasteiger partial charge in [0.25, 0.3) is 5.56 Å². The van der Waals surface area contributed by atoms with Crippen LogP contribution in [0, 0.1) is 0 Å². The summed E-state index contributed by atoms with van der Waals surface area (Å²) in [6, 6.07) is 0. The molecule has 0 aliphatic carbocycles. The lowest BCUT2D eigenvalue weighted by Gasteiger charge is -2.40. The monoisotopic (exact) mass is 729 g/mol. The standard InChI is InChI=1S/C25H37N9O11P2Si/c1-25(2,3)48(4,5)45-18-15-10-41-46(36,37)40-8-6-7-33-16(30-14-9-27-12-28-20(14)33)11-42-47(38,39)44-19(18)23(43-15)34-13-29-17-21(34)31-24(26)32-22(17)35/h9,12-13,15,18-19,23H,6-8,10-11H2,1-5H3,(H,36,37)(H,38,39)(H3,26,31,32,35)/t15-,18-,19-,23-/m1/s1. The van der Waals surface area contributed by atoms with E-state index in [0.29, 0.717) is 11.2 Å². The Hall–Kier alpha value is -2.94. The van der Waals surface area contributed by atoms with Crippen molar-refractivity contribution in [2.24, 2.45) is 0 Å². The number of aryl methyl sites for hydroxylation is 1. The van der Waals surface area contributed by atoms with Gasteiger partial charge in [0.1, 0.15) is 42.6 Å². The van der Waals surface area contributed by atoms with E-state index in [1.54, 1.807) is 4.57 Å². The van der Waals surface area contributed by atoms with Crippen molar-refractivity contribution in [2.75, 3.05) is 18.9 Å². The molecule has 262 valence electrons. The van der Waals surface area contributed by atoms with Gasteiger partial charge in [-0.3, -0.25) is 32.4 Å². The molecule has 1 saturated heterocycles. The minimum absolute atomic E-state index is 0.0203. The predicted molar refractivity (Wildman–Crippen MR) is 170 cm³/mol. The van der Waals surface area contributed by atoms with Gasteiger partial charge in [-0.25, -0.2) is 29.1 Å². The Morgan fingerprint density at radius 3 is 2.62 bits per heavy atom. The minimum Gasteiger partial charge on any atom is -0.408 e. The molecule has 1 fully saturated rings. The number of aromatic nitrogens is 8. The number of nitrogens with zero attached hydrogens (tertiary/aromatic N) is 7. The highest BCUT2D eigenvalue weighted by molar-refractivity contribution is 7.47. The zero-order valence-electron chi connectivity index (χ0n) is 26.7. The number of imidazole rings is 2. The SMILES string of the molecule is CC(C)(C)[Si](C)(C)O[C@H]1[C@H]2OP(=O)(O)OCc3nc4cncnc4n3CCCOP(=O)(O)OC[C@H]1O[C@H]2n1cnc2c(=O)[nH]c(N)nc21. The van der Waals surface area contributed by atoms with Gasteiger partial charge in [-0.15, -0.1) is 0 Å². The van der Waals surface area contributed by atoms with Crippen LogP contribution in [0.15, 0.2) is 23.6 Å². The van der Waals surface area contributed by atoms with Crippen LogP contribution in [0.2, 0.25) is 18.1 Å². The van der Waals surface area contributed by atoms with Gasteiger partial charge >= 0.3 is 15.6 Å². The number of ether oxygens (including phenoxy) is 1. The van der Waals surface area contributed by atoms with Crippen LogP contribution in [0.25, 0.3) is 22.3 Å². The number of nitrogens with two attached hydrogens (primary N) is 1. The van der Waals surface area contributed by atoms with E-state index in [-0.39, 0.29) is 47.5 Å². The molecule has 48 heavy (non-hydrogen) atoms. The molecule has 0 spiro atoms. The molecule has 0 amide bonds. The molecule has 23 heteroatoms. The fraction of sp³-hybridized carbons (Fsp3) is 0.600. The number of nitrogens with one attached hydrogen (secondary N) is 1. The molecule has 0 radical (unpaired) electrons. The van der Waals surface area contributed by atoms with E-state index in [2.05, 4.69) is 29.9 Å². The van der Waals surface area contributed by atoms with Crippen molar-refractivity contribution in [3.63, 3.8) is 0 Å². The lowest BCUT2D eigenvalue weighted by atomic mass is 10.1. The predicted octanol–water partition coefficient (Wildman–Crippen LogP) is 2.37. The maximum Gasteiger partial charge on any atom is 0.473 e. The first kappa shape index (κ1) is 34.9. The largest absolute Gasteiger partial charge is 0.473 e. The number of fused-ring (bicyclic) bond motifs is 6. The van der Waals surface area contributed by atoms with E-state index in [0.717, 1.165) is 0 Å². The Kier molecular flexibility index (Phi) is 9.27. The smallest absolute Gasteiger partial charge is 0.408 e. The number of rotatable bonds is 3. The highest BCUT2D eigenvalue weighted by Gasteiger charge is 2.54. The number of aromatic amines is 1. The van der Waals surface area contributed by atoms with Crippen LogP contribution in [-0.2, 0) is 49.5 Å². The Morgan fingerprint density at radius 2 is 1.88 bits per heavy atom. The van der Waals surface area contributed by atoms with Crippen LogP contribution in [0.4, 0.5) is 5.95 Å². The van der Waals surface area contributed by atoms with Gasteiger partial charge in [0.2, 0.25) is 5.95 Å². The quantitative estimate of drug-likeness (QED) is 0.174. The second-order valence-corrected chi connectivity index (χ2v) is 20.5. The lowest BCUT2D eigenvalue weighted by Crippen LogP contribution is -2.50. The number of nitrogen functional groups attached to an aromatic ring is 1. The molecule has 20 nitrogen and oxygen atoms in total. The number of H-pyrrole nitrogens is 1. The van der Waals surface area contributed by atoms with Gasteiger partial charge in [-0.1, -0.05) is 20.8 Å². The van der Waals surface area contributed by atoms with Crippen LogP contribution < -0.4 is 11.3 Å². The normalized spacial score (nSPS) is 29.7. The van der Waals surface area contributed by atoms with E-state index >= 15 is 0 Å². The fourth-order valence-electron chi connectivity index (χ4n) is 5.17. The van der Waals surface area contributed by atoms with E-state index in [9.17, 15) is 23.7 Å². The van der Waals surface area contributed by atoms with Gasteiger partial charge in [-0.2, -0.15) is 4.98 Å². The molecule has 0 saturated carbocycles. The Bertz CT molecular complexity index is 1980. The first-order valence-corrected chi connectivity index (χ1v) is 20.8. The lowest BCUT2D eigenvalue weighted by molar-refractivity contribution is -0.0513. The highest BCUT2D eigenvalue weighted by Crippen LogP contribution is 2.53. The summed E-state index contributed by atoms with van der Waals surface area (Å²) >= 11 is 0. The van der Waals surface area contributed by atoms with Gasteiger partial charge in [0, 0.05) is 6.54 Å². The van der Waals surface area contributed by atoms with E-state index in [1.807, 2.05) is 33.9 Å². The summed E-state index contributed by atoms with van der Waals surface area (Å²) < 4.78 is 64.7. The van der Waals surface area contributed by atoms with Gasteiger partial charge in [0.15, 0.2) is 31.4 Å². The van der Waals surface area contributed by atoms with E-state index in [4.69, 9.17) is 33.0 Å². The first-order valence-electron chi connectivity index (χ1n) is 14.9. The molecule has 2 aliphatic rings. The molecule has 6 atom stereocenters. The third kappa shape index (κ3) is 7.03. The molecule has 2 aliphatic heterocycles. The number of anilines is 1. The zero-order chi connectivity index (χ0) is 34.6. The number of hydrogen-bond donors (Lipinski definition) is 4. The fourth-order valence-corrected chi connectivity index (χ4v) is 8.13. The Labute approximate surface area is 274 Å². The summed E-state index contributed by atoms with van der Waals surface area (Å²) in [6.45, 7) is 8.83. The minimum atomic E-state index is -4.97. The van der Waals surface area contributed by atoms with Crippen LogP contribution in [-0.4, -0.2) is 88.7 Å². The van der Waals surface area contributed by atoms with Crippen molar-refractivity contribution in [3.8, 4) is 0 Å². The van der Waals surface area contributed by atoms with Crippen molar-refractivity contribution >= 4 is 52.2 Å². The van der Waals surface area contributed by atoms with Gasteiger partial charge in [0.05, 0.1) is 25.7 Å². The second kappa shape index (κ2) is 12.7. The van der Waals surface area contributed by atoms with Crippen molar-refractivity contribution in [2.45, 2.75) is 83.0 Å². The number of phosphoric acid groups is 2. The molecular weight excluding hydrogens is 692 g/mol. The molecule has 4 aromatic heterocycles. The summed E-state index contributed by atoms with van der Waals surface area (Å²) in [7, 11) is -12.3. The molecule has 2 bridgehead atoms. The van der Waals surface area contributed by atoms with E-state index < -0.39 is 67.3 Å². The van der Waals surface area contributed by atoms with Crippen molar-refractivity contribution in [3.05, 3.63) is 35.0 Å². The molecule has 0 aromatic carbocycles. The molecule has 6 heterocycles. The summed E-state index contributed by atoms with van der Waals surface area (Å²) in [5.74, 6) is -0.00382. The zero-order valence-corrected chi connectivity index (χ0v) is 29.5. The van der Waals surface area contributed by atoms with E-state index in [1.165, 1.54) is 23.4 Å². The molecule has 5 N–H and O–H groups in total. The number of hydrogen-bond acceptors (Lipinski definition) is 15. The topological polar surface area (TPSA) is 263 Å². The summed E-state index contributed by atoms with van der Waals surface area (Å²) in [5.41, 5.74) is 5.88. The average molecular weight is 730 g/mol. The van der Waals surface area contributed by atoms with Gasteiger partial charge in [-0.05, 0) is 24.6 Å². The van der Waals surface area contributed by atoms with Crippen LogP contribution in [0.1, 0.15) is 39.2 Å². The average Bonchev–Trinajstić information content (AvgIpc) is 3.66. The molecular formula is C25H37N9O11P2Si. The summed E-state index contributed by atoms with van der Waals surface area (Å²) in [5, 5.41) is -0.361. The third-order valence-corrected chi connectivity index (χ3v) is 15.0. The second-order valence-electron chi connectivity index (χ2n) is 12.9. The molecule has 2 unspecified atom stereocenters. The van der Waals surface area contributed by atoms with Crippen molar-refractivity contribution in [1.29, 1.82) is 0 Å². The van der Waals surface area contributed by atoms with Crippen LogP contribution in [0.5, 0.6) is 0 Å². The highest BCUT2D eigenvalue weighted by atomic mass is 31.2. The Balaban J connectivity index is 1.45. The summed E-state index contributed by atoms with van der Waals surface area (Å²) in [6.07, 6.45) is -0.890. The molecule has 4 aromatic rings. The number of phosphoric ester groups is 2. The van der Waals surface area contributed by atoms with Crippen LogP contribution >= 0.6 is 15.6 Å². The summed E-state index contributed by atoms with van der Waals surface area (Å²) in [4.78, 5) is 57.7. The maximum atomic E-state index is 13.8.